The summed E-state index contributed by atoms with van der Waals surface area (Å²) < 4.78 is 0.515. The lowest BCUT2D eigenvalue weighted by atomic mass is 10.00. The summed E-state index contributed by atoms with van der Waals surface area (Å²) in [4.78, 5) is 24.7. The molecule has 1 unspecified atom stereocenters. The number of piperidine rings is 1. The van der Waals surface area contributed by atoms with Crippen LogP contribution in [0.15, 0.2) is 22.7 Å². The van der Waals surface area contributed by atoms with E-state index in [1.807, 2.05) is 0 Å². The highest BCUT2D eigenvalue weighted by molar-refractivity contribution is 9.10. The molecular weight excluding hydrogens is 350 g/mol. The molecule has 0 bridgehead atoms. The number of carbonyl (C=O) groups excluding carboxylic acids is 1. The van der Waals surface area contributed by atoms with E-state index in [0.717, 1.165) is 25.8 Å². The smallest absolute Gasteiger partial charge is 0.270 e. The third kappa shape index (κ3) is 4.27. The first kappa shape index (κ1) is 16.9. The first-order chi connectivity index (χ1) is 10.5. The van der Waals surface area contributed by atoms with Crippen molar-refractivity contribution in [1.29, 1.82) is 0 Å². The van der Waals surface area contributed by atoms with E-state index in [4.69, 9.17) is 0 Å². The quantitative estimate of drug-likeness (QED) is 0.635. The highest BCUT2D eigenvalue weighted by Crippen LogP contribution is 2.27. The van der Waals surface area contributed by atoms with Gasteiger partial charge < -0.3 is 5.32 Å². The van der Waals surface area contributed by atoms with Crippen LogP contribution < -0.4 is 5.32 Å². The lowest BCUT2D eigenvalue weighted by molar-refractivity contribution is -0.384. The number of non-ortho nitro benzene ring substituents is 1. The number of benzene rings is 1. The average molecular weight is 370 g/mol. The van der Waals surface area contributed by atoms with E-state index in [0.29, 0.717) is 22.7 Å². The molecule has 0 spiro atoms. The summed E-state index contributed by atoms with van der Waals surface area (Å²) in [5.74, 6) is -0.0881. The topological polar surface area (TPSA) is 75.5 Å². The summed E-state index contributed by atoms with van der Waals surface area (Å²) in [5.41, 5.74) is 0.549. The molecule has 1 N–H and O–H groups in total. The van der Waals surface area contributed by atoms with Gasteiger partial charge in [0, 0.05) is 22.6 Å². The fraction of sp³-hybridized carbons (Fsp3) is 0.533. The van der Waals surface area contributed by atoms with Gasteiger partial charge in [0.05, 0.1) is 17.2 Å². The summed E-state index contributed by atoms with van der Waals surface area (Å²) in [7, 11) is 0. The monoisotopic (exact) mass is 369 g/mol. The van der Waals surface area contributed by atoms with Gasteiger partial charge in [-0.15, -0.1) is 0 Å². The highest BCUT2D eigenvalue weighted by Gasteiger charge is 2.23. The Morgan fingerprint density at radius 2 is 2.27 bits per heavy atom. The Morgan fingerprint density at radius 3 is 2.91 bits per heavy atom. The minimum atomic E-state index is -0.462. The predicted molar refractivity (Wildman–Crippen MR) is 88.9 cm³/mol. The third-order valence-electron chi connectivity index (χ3n) is 4.00. The Bertz CT molecular complexity index is 565. The maximum absolute atomic E-state index is 12.2. The third-order valence-corrected chi connectivity index (χ3v) is 4.66. The summed E-state index contributed by atoms with van der Waals surface area (Å²) in [6.07, 6.45) is 4.55. The zero-order valence-corrected chi connectivity index (χ0v) is 14.1. The van der Waals surface area contributed by atoms with Crippen molar-refractivity contribution in [3.63, 3.8) is 0 Å². The first-order valence-electron chi connectivity index (χ1n) is 7.49. The van der Waals surface area contributed by atoms with Gasteiger partial charge in [0.1, 0.15) is 0 Å². The number of nitrogens with one attached hydrogen (secondary N) is 1. The number of nitrogens with zero attached hydrogens (tertiary/aromatic N) is 2. The van der Waals surface area contributed by atoms with Crippen molar-refractivity contribution in [1.82, 2.24) is 4.90 Å². The van der Waals surface area contributed by atoms with Gasteiger partial charge in [-0.05, 0) is 47.8 Å². The molecule has 6 nitrogen and oxygen atoms in total. The minimum absolute atomic E-state index is 0.00745. The van der Waals surface area contributed by atoms with E-state index in [-0.39, 0.29) is 11.6 Å². The van der Waals surface area contributed by atoms with Crippen LogP contribution in [-0.2, 0) is 4.79 Å². The standard InChI is InChI=1S/C15H20BrN3O3/c1-2-11-5-3-4-8-18(11)10-15(20)17-14-7-6-12(19(21)22)9-13(14)16/h6-7,9,11H,2-5,8,10H2,1H3,(H,17,20). The second-order valence-corrected chi connectivity index (χ2v) is 6.35. The van der Waals surface area contributed by atoms with Crippen LogP contribution in [0.5, 0.6) is 0 Å². The molecule has 1 heterocycles. The van der Waals surface area contributed by atoms with Crippen molar-refractivity contribution in [2.75, 3.05) is 18.4 Å². The van der Waals surface area contributed by atoms with Crippen LogP contribution in [0.2, 0.25) is 0 Å². The molecule has 1 aliphatic rings. The van der Waals surface area contributed by atoms with Crippen LogP contribution in [0, 0.1) is 10.1 Å². The van der Waals surface area contributed by atoms with Crippen molar-refractivity contribution >= 4 is 33.2 Å². The van der Waals surface area contributed by atoms with Gasteiger partial charge in [-0.1, -0.05) is 13.3 Å². The molecular formula is C15H20BrN3O3. The number of anilines is 1. The summed E-state index contributed by atoms with van der Waals surface area (Å²) in [6, 6.07) is 4.80. The fourth-order valence-corrected chi connectivity index (χ4v) is 3.29. The Morgan fingerprint density at radius 1 is 1.50 bits per heavy atom. The molecule has 1 aromatic carbocycles. The Hall–Kier alpha value is -1.47. The molecule has 1 aromatic rings. The molecule has 1 saturated heterocycles. The molecule has 2 rings (SSSR count). The van der Waals surface area contributed by atoms with Crippen LogP contribution in [0.3, 0.4) is 0 Å². The number of rotatable bonds is 5. The number of halogens is 1. The van der Waals surface area contributed by atoms with Crippen LogP contribution in [0.25, 0.3) is 0 Å². The molecule has 1 amide bonds. The Balaban J connectivity index is 1.98. The summed E-state index contributed by atoms with van der Waals surface area (Å²) in [5, 5.41) is 13.5. The van der Waals surface area contributed by atoms with Crippen LogP contribution >= 0.6 is 15.9 Å². The molecule has 1 aliphatic heterocycles. The number of amides is 1. The van der Waals surface area contributed by atoms with E-state index in [1.54, 1.807) is 6.07 Å². The van der Waals surface area contributed by atoms with Crippen LogP contribution in [0.1, 0.15) is 32.6 Å². The lowest BCUT2D eigenvalue weighted by Gasteiger charge is -2.34. The zero-order valence-electron chi connectivity index (χ0n) is 12.5. The van der Waals surface area contributed by atoms with Crippen LogP contribution in [-0.4, -0.2) is 34.9 Å². The summed E-state index contributed by atoms with van der Waals surface area (Å²) >= 11 is 3.26. The second kappa shape index (κ2) is 7.69. The van der Waals surface area contributed by atoms with Crippen molar-refractivity contribution in [2.45, 2.75) is 38.6 Å². The number of hydrogen-bond acceptors (Lipinski definition) is 4. The molecule has 7 heteroatoms. The number of nitro benzene ring substituents is 1. The van der Waals surface area contributed by atoms with E-state index < -0.39 is 4.92 Å². The molecule has 0 aromatic heterocycles. The van der Waals surface area contributed by atoms with Gasteiger partial charge in [0.15, 0.2) is 0 Å². The van der Waals surface area contributed by atoms with E-state index in [2.05, 4.69) is 33.1 Å². The summed E-state index contributed by atoms with van der Waals surface area (Å²) in [6.45, 7) is 3.46. The van der Waals surface area contributed by atoms with E-state index in [1.165, 1.54) is 18.6 Å². The maximum atomic E-state index is 12.2. The lowest BCUT2D eigenvalue weighted by Crippen LogP contribution is -2.43. The number of hydrogen-bond donors (Lipinski definition) is 1. The van der Waals surface area contributed by atoms with Crippen molar-refractivity contribution < 1.29 is 9.72 Å². The minimum Gasteiger partial charge on any atom is -0.324 e. The Labute approximate surface area is 138 Å². The second-order valence-electron chi connectivity index (χ2n) is 5.50. The van der Waals surface area contributed by atoms with Crippen molar-refractivity contribution in [3.8, 4) is 0 Å². The molecule has 0 saturated carbocycles. The van der Waals surface area contributed by atoms with Gasteiger partial charge >= 0.3 is 0 Å². The van der Waals surface area contributed by atoms with E-state index in [9.17, 15) is 14.9 Å². The van der Waals surface area contributed by atoms with Crippen LogP contribution in [0.4, 0.5) is 11.4 Å². The van der Waals surface area contributed by atoms with Crippen molar-refractivity contribution in [3.05, 3.63) is 32.8 Å². The highest BCUT2D eigenvalue weighted by atomic mass is 79.9. The van der Waals surface area contributed by atoms with Gasteiger partial charge in [0.2, 0.25) is 5.91 Å². The fourth-order valence-electron chi connectivity index (χ4n) is 2.82. The normalized spacial score (nSPS) is 18.9. The van der Waals surface area contributed by atoms with Gasteiger partial charge in [0.25, 0.3) is 5.69 Å². The van der Waals surface area contributed by atoms with Gasteiger partial charge in [-0.25, -0.2) is 0 Å². The molecule has 0 radical (unpaired) electrons. The molecule has 1 atom stereocenters. The average Bonchev–Trinajstić information content (AvgIpc) is 2.49. The maximum Gasteiger partial charge on any atom is 0.270 e. The van der Waals surface area contributed by atoms with Crippen molar-refractivity contribution in [2.24, 2.45) is 0 Å². The van der Waals surface area contributed by atoms with Gasteiger partial charge in [-0.2, -0.15) is 0 Å². The Kier molecular flexibility index (Phi) is 5.90. The van der Waals surface area contributed by atoms with E-state index >= 15 is 0 Å². The zero-order chi connectivity index (χ0) is 16.1. The predicted octanol–water partition coefficient (Wildman–Crippen LogP) is 3.56. The molecule has 1 fully saturated rings. The molecule has 0 aliphatic carbocycles. The number of nitro groups is 1. The number of carbonyl (C=O) groups is 1. The molecule has 22 heavy (non-hydrogen) atoms. The van der Waals surface area contributed by atoms with Gasteiger partial charge in [-0.3, -0.25) is 19.8 Å². The first-order valence-corrected chi connectivity index (χ1v) is 8.28. The SMILES string of the molecule is CCC1CCCCN1CC(=O)Nc1ccc([N+](=O)[O-])cc1Br. The molecule has 120 valence electrons. The largest absolute Gasteiger partial charge is 0.324 e. The number of likely N-dealkylation sites (tertiary alicyclic amines) is 1.